The van der Waals surface area contributed by atoms with Gasteiger partial charge in [-0.1, -0.05) is 0 Å². The van der Waals surface area contributed by atoms with Gasteiger partial charge in [-0.3, -0.25) is 9.78 Å². The van der Waals surface area contributed by atoms with Gasteiger partial charge in [-0.25, -0.2) is 0 Å². The molecule has 5 heteroatoms. The summed E-state index contributed by atoms with van der Waals surface area (Å²) in [5.74, 6) is 0.108. The fourth-order valence-corrected chi connectivity index (χ4v) is 3.84. The highest BCUT2D eigenvalue weighted by atomic mass is 16.5. The summed E-state index contributed by atoms with van der Waals surface area (Å²) in [6.07, 6.45) is 8.16. The van der Waals surface area contributed by atoms with E-state index >= 15 is 0 Å². The standard InChI is InChI=1S/C20H31N3O2/c1-16(2)22(3)14-18-6-7-20(15-25-18)8-11-23(12-9-20)19(24)17-5-4-10-21-13-17/h4-5,10,13,16,18H,6-9,11-12,14-15H2,1-3H3/t18-/m0/s1. The first-order chi connectivity index (χ1) is 12.0. The first-order valence-corrected chi connectivity index (χ1v) is 9.50. The molecule has 0 aromatic carbocycles. The van der Waals surface area contributed by atoms with Gasteiger partial charge in [-0.2, -0.15) is 0 Å². The average Bonchev–Trinajstić information content (AvgIpc) is 2.64. The highest BCUT2D eigenvalue weighted by Gasteiger charge is 2.40. The van der Waals surface area contributed by atoms with Crippen molar-refractivity contribution in [3.63, 3.8) is 0 Å². The van der Waals surface area contributed by atoms with Gasteiger partial charge >= 0.3 is 0 Å². The number of amides is 1. The van der Waals surface area contributed by atoms with Crippen LogP contribution in [0.1, 0.15) is 49.9 Å². The number of hydrogen-bond acceptors (Lipinski definition) is 4. The van der Waals surface area contributed by atoms with Crippen molar-refractivity contribution in [2.45, 2.75) is 51.7 Å². The van der Waals surface area contributed by atoms with Gasteiger partial charge in [-0.15, -0.1) is 0 Å². The van der Waals surface area contributed by atoms with Crippen molar-refractivity contribution in [2.75, 3.05) is 33.3 Å². The molecule has 2 saturated heterocycles. The van der Waals surface area contributed by atoms with Gasteiger partial charge in [0, 0.05) is 38.1 Å². The number of hydrogen-bond donors (Lipinski definition) is 0. The Morgan fingerprint density at radius 1 is 1.40 bits per heavy atom. The summed E-state index contributed by atoms with van der Waals surface area (Å²) < 4.78 is 6.22. The lowest BCUT2D eigenvalue weighted by Gasteiger charge is -2.46. The SMILES string of the molecule is CC(C)N(C)C[C@@H]1CCC2(CCN(C(=O)c3cccnc3)CC2)CO1. The molecule has 2 fully saturated rings. The summed E-state index contributed by atoms with van der Waals surface area (Å²) in [4.78, 5) is 20.9. The molecule has 0 N–H and O–H groups in total. The summed E-state index contributed by atoms with van der Waals surface area (Å²) in [6.45, 7) is 7.96. The predicted octanol–water partition coefficient (Wildman–Crippen LogP) is 2.82. The normalized spacial score (nSPS) is 23.4. The van der Waals surface area contributed by atoms with E-state index in [1.54, 1.807) is 12.4 Å². The van der Waals surface area contributed by atoms with Crippen molar-refractivity contribution in [1.82, 2.24) is 14.8 Å². The van der Waals surface area contributed by atoms with E-state index in [1.807, 2.05) is 17.0 Å². The van der Waals surface area contributed by atoms with Crippen molar-refractivity contribution in [3.8, 4) is 0 Å². The highest BCUT2D eigenvalue weighted by molar-refractivity contribution is 5.93. The smallest absolute Gasteiger partial charge is 0.255 e. The quantitative estimate of drug-likeness (QED) is 0.842. The molecule has 2 aliphatic rings. The molecule has 1 aromatic heterocycles. The summed E-state index contributed by atoms with van der Waals surface area (Å²) in [7, 11) is 2.17. The van der Waals surface area contributed by atoms with E-state index in [4.69, 9.17) is 4.74 Å². The van der Waals surface area contributed by atoms with Crippen LogP contribution in [0.15, 0.2) is 24.5 Å². The second-order valence-electron chi connectivity index (χ2n) is 8.04. The van der Waals surface area contributed by atoms with Crippen molar-refractivity contribution in [1.29, 1.82) is 0 Å². The number of pyridine rings is 1. The number of rotatable bonds is 4. The van der Waals surface area contributed by atoms with E-state index < -0.39 is 0 Å². The second kappa shape index (κ2) is 7.83. The summed E-state index contributed by atoms with van der Waals surface area (Å²) in [6, 6.07) is 4.22. The van der Waals surface area contributed by atoms with Crippen LogP contribution in [-0.2, 0) is 4.74 Å². The zero-order chi connectivity index (χ0) is 17.9. The van der Waals surface area contributed by atoms with Gasteiger partial charge in [-0.05, 0) is 64.1 Å². The molecule has 3 heterocycles. The molecule has 138 valence electrons. The third kappa shape index (κ3) is 4.39. The van der Waals surface area contributed by atoms with Crippen LogP contribution in [0.25, 0.3) is 0 Å². The number of piperidine rings is 1. The van der Waals surface area contributed by atoms with E-state index in [9.17, 15) is 4.79 Å². The van der Waals surface area contributed by atoms with Crippen LogP contribution in [0.3, 0.4) is 0 Å². The fraction of sp³-hybridized carbons (Fsp3) is 0.700. The number of carbonyl (C=O) groups excluding carboxylic acids is 1. The minimum absolute atomic E-state index is 0.108. The van der Waals surface area contributed by atoms with Crippen LogP contribution >= 0.6 is 0 Å². The molecular weight excluding hydrogens is 314 g/mol. The topological polar surface area (TPSA) is 45.7 Å². The first-order valence-electron chi connectivity index (χ1n) is 9.50. The lowest BCUT2D eigenvalue weighted by molar-refractivity contribution is -0.0915. The lowest BCUT2D eigenvalue weighted by Crippen LogP contribution is -2.49. The van der Waals surface area contributed by atoms with Gasteiger partial charge < -0.3 is 14.5 Å². The first kappa shape index (κ1) is 18.3. The number of ether oxygens (including phenoxy) is 1. The van der Waals surface area contributed by atoms with Crippen LogP contribution < -0.4 is 0 Å². The Kier molecular flexibility index (Phi) is 5.74. The molecule has 3 rings (SSSR count). The molecule has 1 atom stereocenters. The molecule has 0 bridgehead atoms. The largest absolute Gasteiger partial charge is 0.376 e. The van der Waals surface area contributed by atoms with E-state index in [0.29, 0.717) is 17.7 Å². The number of nitrogens with zero attached hydrogens (tertiary/aromatic N) is 3. The Bertz CT molecular complexity index is 558. The highest BCUT2D eigenvalue weighted by Crippen LogP contribution is 2.40. The molecule has 0 aliphatic carbocycles. The van der Waals surface area contributed by atoms with Crippen molar-refractivity contribution in [3.05, 3.63) is 30.1 Å². The summed E-state index contributed by atoms with van der Waals surface area (Å²) >= 11 is 0. The summed E-state index contributed by atoms with van der Waals surface area (Å²) in [5.41, 5.74) is 0.966. The number of carbonyl (C=O) groups is 1. The van der Waals surface area contributed by atoms with Gasteiger partial charge in [0.2, 0.25) is 0 Å². The molecule has 0 saturated carbocycles. The molecule has 25 heavy (non-hydrogen) atoms. The minimum atomic E-state index is 0.108. The maximum atomic E-state index is 12.6. The molecule has 2 aliphatic heterocycles. The van der Waals surface area contributed by atoms with Crippen LogP contribution in [-0.4, -0.2) is 66.1 Å². The van der Waals surface area contributed by atoms with Gasteiger partial charge in [0.25, 0.3) is 5.91 Å². The summed E-state index contributed by atoms with van der Waals surface area (Å²) in [5, 5.41) is 0. The molecule has 1 aromatic rings. The molecule has 1 amide bonds. The Balaban J connectivity index is 1.49. The predicted molar refractivity (Wildman–Crippen MR) is 98.5 cm³/mol. The van der Waals surface area contributed by atoms with Crippen molar-refractivity contribution in [2.24, 2.45) is 5.41 Å². The Hall–Kier alpha value is -1.46. The van der Waals surface area contributed by atoms with Gasteiger partial charge in [0.1, 0.15) is 0 Å². The van der Waals surface area contributed by atoms with E-state index in [2.05, 4.69) is 30.8 Å². The lowest BCUT2D eigenvalue weighted by atomic mass is 9.73. The second-order valence-corrected chi connectivity index (χ2v) is 8.04. The zero-order valence-corrected chi connectivity index (χ0v) is 15.8. The van der Waals surface area contributed by atoms with Crippen molar-refractivity contribution < 1.29 is 9.53 Å². The van der Waals surface area contributed by atoms with E-state index in [0.717, 1.165) is 45.5 Å². The fourth-order valence-electron chi connectivity index (χ4n) is 3.84. The third-order valence-electron chi connectivity index (χ3n) is 6.01. The van der Waals surface area contributed by atoms with Crippen LogP contribution in [0.4, 0.5) is 0 Å². The van der Waals surface area contributed by atoms with Gasteiger partial charge in [0.15, 0.2) is 0 Å². The third-order valence-corrected chi connectivity index (χ3v) is 6.01. The molecule has 0 radical (unpaired) electrons. The van der Waals surface area contributed by atoms with Crippen LogP contribution in [0.2, 0.25) is 0 Å². The Morgan fingerprint density at radius 3 is 2.72 bits per heavy atom. The average molecular weight is 345 g/mol. The molecular formula is C20H31N3O2. The van der Waals surface area contributed by atoms with Crippen LogP contribution in [0.5, 0.6) is 0 Å². The maximum Gasteiger partial charge on any atom is 0.255 e. The number of aromatic nitrogens is 1. The monoisotopic (exact) mass is 345 g/mol. The van der Waals surface area contributed by atoms with Crippen molar-refractivity contribution >= 4 is 5.91 Å². The zero-order valence-electron chi connectivity index (χ0n) is 15.8. The maximum absolute atomic E-state index is 12.6. The van der Waals surface area contributed by atoms with Gasteiger partial charge in [0.05, 0.1) is 18.3 Å². The molecule has 0 unspecified atom stereocenters. The Labute approximate surface area is 151 Å². The van der Waals surface area contributed by atoms with Crippen LogP contribution in [0, 0.1) is 5.41 Å². The molecule has 1 spiro atoms. The van der Waals surface area contributed by atoms with E-state index in [-0.39, 0.29) is 11.3 Å². The minimum Gasteiger partial charge on any atom is -0.376 e. The van der Waals surface area contributed by atoms with E-state index in [1.165, 1.54) is 6.42 Å². The Morgan fingerprint density at radius 2 is 2.16 bits per heavy atom. The molecule has 5 nitrogen and oxygen atoms in total. The number of likely N-dealkylation sites (tertiary alicyclic amines) is 1. The number of likely N-dealkylation sites (N-methyl/N-ethyl adjacent to an activating group) is 1.